The van der Waals surface area contributed by atoms with Gasteiger partial charge in [0, 0.05) is 39.3 Å². The topological polar surface area (TPSA) is 49.9 Å². The third-order valence-electron chi connectivity index (χ3n) is 4.52. The normalized spacial score (nSPS) is 24.7. The zero-order valence-corrected chi connectivity index (χ0v) is 14.0. The van der Waals surface area contributed by atoms with Gasteiger partial charge in [0.2, 0.25) is 10.0 Å². The molecule has 2 aliphatic rings. The van der Waals surface area contributed by atoms with Crippen molar-refractivity contribution in [1.29, 1.82) is 0 Å². The maximum Gasteiger partial charge on any atom is 0.246 e. The van der Waals surface area contributed by atoms with Gasteiger partial charge in [0.25, 0.3) is 0 Å². The maximum atomic E-state index is 13.8. The molecule has 0 spiro atoms. The number of ether oxygens (including phenoxy) is 1. The lowest BCUT2D eigenvalue weighted by Crippen LogP contribution is -2.50. The molecule has 3 rings (SSSR count). The standard InChI is InChI=1S/C16H23FN2O3S/c17-15-6-1-2-7-16(15)23(20,21)19-10-8-18(9-11-19)13-14-5-3-4-12-22-14/h1-2,6-7,14H,3-5,8-13H2/t14-/m0/s1. The minimum atomic E-state index is -3.75. The van der Waals surface area contributed by atoms with Crippen LogP contribution in [0, 0.1) is 5.82 Å². The Morgan fingerprint density at radius 3 is 2.52 bits per heavy atom. The van der Waals surface area contributed by atoms with Crippen molar-refractivity contribution in [1.82, 2.24) is 9.21 Å². The molecule has 0 bridgehead atoms. The highest BCUT2D eigenvalue weighted by Gasteiger charge is 2.31. The van der Waals surface area contributed by atoms with Crippen molar-refractivity contribution in [3.8, 4) is 0 Å². The van der Waals surface area contributed by atoms with Crippen molar-refractivity contribution in [2.45, 2.75) is 30.3 Å². The maximum absolute atomic E-state index is 13.8. The number of benzene rings is 1. The quantitative estimate of drug-likeness (QED) is 0.836. The zero-order chi connectivity index (χ0) is 16.3. The van der Waals surface area contributed by atoms with Crippen molar-refractivity contribution in [2.75, 3.05) is 39.3 Å². The summed E-state index contributed by atoms with van der Waals surface area (Å²) in [6.07, 6.45) is 3.67. The van der Waals surface area contributed by atoms with Crippen molar-refractivity contribution < 1.29 is 17.5 Å². The molecule has 0 amide bonds. The number of sulfonamides is 1. The van der Waals surface area contributed by atoms with E-state index in [1.165, 1.54) is 28.9 Å². The van der Waals surface area contributed by atoms with Crippen LogP contribution in [0.4, 0.5) is 4.39 Å². The lowest BCUT2D eigenvalue weighted by Gasteiger charge is -2.36. The fourth-order valence-electron chi connectivity index (χ4n) is 3.18. The first kappa shape index (κ1) is 16.8. The lowest BCUT2D eigenvalue weighted by molar-refractivity contribution is -0.0103. The van der Waals surface area contributed by atoms with E-state index in [0.29, 0.717) is 26.2 Å². The highest BCUT2D eigenvalue weighted by molar-refractivity contribution is 7.89. The van der Waals surface area contributed by atoms with Crippen LogP contribution in [0.3, 0.4) is 0 Å². The SMILES string of the molecule is O=S(=O)(c1ccccc1F)N1CCN(C[C@@H]2CCCCO2)CC1. The van der Waals surface area contributed by atoms with Crippen LogP contribution >= 0.6 is 0 Å². The van der Waals surface area contributed by atoms with E-state index >= 15 is 0 Å². The Morgan fingerprint density at radius 2 is 1.87 bits per heavy atom. The van der Waals surface area contributed by atoms with Gasteiger partial charge in [-0.3, -0.25) is 4.90 Å². The van der Waals surface area contributed by atoms with Crippen LogP contribution in [0.5, 0.6) is 0 Å². The van der Waals surface area contributed by atoms with Gasteiger partial charge in [-0.1, -0.05) is 12.1 Å². The summed E-state index contributed by atoms with van der Waals surface area (Å²) in [7, 11) is -3.75. The molecule has 2 heterocycles. The first-order chi connectivity index (χ1) is 11.1. The summed E-state index contributed by atoms with van der Waals surface area (Å²) < 4.78 is 46.0. The van der Waals surface area contributed by atoms with Gasteiger partial charge in [-0.2, -0.15) is 4.31 Å². The van der Waals surface area contributed by atoms with Gasteiger partial charge in [0.15, 0.2) is 0 Å². The van der Waals surface area contributed by atoms with Crippen LogP contribution in [-0.4, -0.2) is 63.1 Å². The van der Waals surface area contributed by atoms with E-state index in [2.05, 4.69) is 4.90 Å². The van der Waals surface area contributed by atoms with Gasteiger partial charge >= 0.3 is 0 Å². The molecular formula is C16H23FN2O3S. The number of nitrogens with zero attached hydrogens (tertiary/aromatic N) is 2. The first-order valence-electron chi connectivity index (χ1n) is 8.16. The molecule has 2 aliphatic heterocycles. The fraction of sp³-hybridized carbons (Fsp3) is 0.625. The van der Waals surface area contributed by atoms with Crippen molar-refractivity contribution in [3.05, 3.63) is 30.1 Å². The van der Waals surface area contributed by atoms with Gasteiger partial charge < -0.3 is 4.74 Å². The molecule has 2 fully saturated rings. The van der Waals surface area contributed by atoms with Gasteiger partial charge in [-0.05, 0) is 31.4 Å². The number of halogens is 1. The smallest absolute Gasteiger partial charge is 0.246 e. The van der Waals surface area contributed by atoms with Crippen LogP contribution in [0.2, 0.25) is 0 Å². The van der Waals surface area contributed by atoms with Crippen molar-refractivity contribution in [3.63, 3.8) is 0 Å². The van der Waals surface area contributed by atoms with Crippen molar-refractivity contribution in [2.24, 2.45) is 0 Å². The van der Waals surface area contributed by atoms with Gasteiger partial charge in [0.1, 0.15) is 10.7 Å². The van der Waals surface area contributed by atoms with E-state index in [4.69, 9.17) is 4.74 Å². The molecule has 0 unspecified atom stereocenters. The van der Waals surface area contributed by atoms with E-state index in [0.717, 1.165) is 26.0 Å². The summed E-state index contributed by atoms with van der Waals surface area (Å²) >= 11 is 0. The molecule has 2 saturated heterocycles. The Morgan fingerprint density at radius 1 is 1.13 bits per heavy atom. The zero-order valence-electron chi connectivity index (χ0n) is 13.2. The minimum absolute atomic E-state index is 0.232. The molecule has 7 heteroatoms. The van der Waals surface area contributed by atoms with Crippen LogP contribution in [0.1, 0.15) is 19.3 Å². The van der Waals surface area contributed by atoms with Crippen LogP contribution < -0.4 is 0 Å². The summed E-state index contributed by atoms with van der Waals surface area (Å²) in [6.45, 7) is 3.79. The molecule has 1 atom stereocenters. The summed E-state index contributed by atoms with van der Waals surface area (Å²) in [4.78, 5) is 2.01. The molecule has 0 aromatic heterocycles. The summed E-state index contributed by atoms with van der Waals surface area (Å²) in [5, 5.41) is 0. The Kier molecular flexibility index (Phi) is 5.31. The van der Waals surface area contributed by atoms with E-state index in [9.17, 15) is 12.8 Å². The summed E-state index contributed by atoms with van der Waals surface area (Å²) in [6, 6.07) is 5.56. The van der Waals surface area contributed by atoms with Crippen LogP contribution in [-0.2, 0) is 14.8 Å². The highest BCUT2D eigenvalue weighted by Crippen LogP contribution is 2.21. The number of hydrogen-bond acceptors (Lipinski definition) is 4. The average molecular weight is 342 g/mol. The lowest BCUT2D eigenvalue weighted by atomic mass is 10.1. The second-order valence-corrected chi connectivity index (χ2v) is 8.03. The number of piperazine rings is 1. The average Bonchev–Trinajstić information content (AvgIpc) is 2.56. The molecule has 23 heavy (non-hydrogen) atoms. The summed E-state index contributed by atoms with van der Waals surface area (Å²) in [5.41, 5.74) is 0. The Hall–Kier alpha value is -1.02. The molecule has 1 aromatic carbocycles. The van der Waals surface area contributed by atoms with E-state index in [-0.39, 0.29) is 11.0 Å². The van der Waals surface area contributed by atoms with E-state index < -0.39 is 15.8 Å². The Balaban J connectivity index is 1.59. The fourth-order valence-corrected chi connectivity index (χ4v) is 4.67. The molecule has 0 N–H and O–H groups in total. The van der Waals surface area contributed by atoms with E-state index in [1.54, 1.807) is 6.07 Å². The van der Waals surface area contributed by atoms with Crippen LogP contribution in [0.15, 0.2) is 29.2 Å². The van der Waals surface area contributed by atoms with Crippen LogP contribution in [0.25, 0.3) is 0 Å². The second kappa shape index (κ2) is 7.25. The van der Waals surface area contributed by atoms with Gasteiger partial charge in [-0.25, -0.2) is 12.8 Å². The third kappa shape index (κ3) is 3.91. The predicted molar refractivity (Wildman–Crippen MR) is 85.2 cm³/mol. The Labute approximate surface area is 137 Å². The van der Waals surface area contributed by atoms with Crippen molar-refractivity contribution >= 4 is 10.0 Å². The molecule has 0 aliphatic carbocycles. The number of hydrogen-bond donors (Lipinski definition) is 0. The van der Waals surface area contributed by atoms with Gasteiger partial charge in [0.05, 0.1) is 6.10 Å². The third-order valence-corrected chi connectivity index (χ3v) is 6.45. The highest BCUT2D eigenvalue weighted by atomic mass is 32.2. The predicted octanol–water partition coefficient (Wildman–Crippen LogP) is 1.70. The molecular weight excluding hydrogens is 319 g/mol. The van der Waals surface area contributed by atoms with E-state index in [1.807, 2.05) is 0 Å². The first-order valence-corrected chi connectivity index (χ1v) is 9.60. The molecule has 1 aromatic rings. The monoisotopic (exact) mass is 342 g/mol. The summed E-state index contributed by atoms with van der Waals surface area (Å²) in [5.74, 6) is -0.689. The largest absolute Gasteiger partial charge is 0.377 e. The minimum Gasteiger partial charge on any atom is -0.377 e. The second-order valence-electron chi connectivity index (χ2n) is 6.12. The molecule has 5 nitrogen and oxygen atoms in total. The Bertz CT molecular complexity index is 624. The molecule has 128 valence electrons. The van der Waals surface area contributed by atoms with Gasteiger partial charge in [-0.15, -0.1) is 0 Å². The molecule has 0 radical (unpaired) electrons. The molecule has 0 saturated carbocycles. The number of rotatable bonds is 4.